The maximum atomic E-state index is 12.2. The van der Waals surface area contributed by atoms with Crippen LogP contribution in [0, 0.1) is 0 Å². The van der Waals surface area contributed by atoms with Gasteiger partial charge in [0.05, 0.1) is 17.4 Å². The molecule has 3 heterocycles. The molecular formula is C24H23N5O. The largest absolute Gasteiger partial charge is 0.323 e. The average molecular weight is 397 g/mol. The quantitative estimate of drug-likeness (QED) is 0.538. The molecule has 2 aromatic carbocycles. The minimum atomic E-state index is 0.0767. The van der Waals surface area contributed by atoms with Gasteiger partial charge in [0.25, 0.3) is 0 Å². The first kappa shape index (κ1) is 18.4. The van der Waals surface area contributed by atoms with Crippen LogP contribution in [0.1, 0.15) is 25.3 Å². The molecule has 0 spiro atoms. The molecule has 30 heavy (non-hydrogen) atoms. The Hall–Kier alpha value is -3.67. The third-order valence-corrected chi connectivity index (χ3v) is 5.56. The van der Waals surface area contributed by atoms with Crippen molar-refractivity contribution in [3.8, 4) is 11.3 Å². The van der Waals surface area contributed by atoms with Crippen molar-refractivity contribution in [3.05, 3.63) is 72.4 Å². The molecule has 5 rings (SSSR count). The van der Waals surface area contributed by atoms with Crippen LogP contribution < -0.4 is 10.2 Å². The second-order valence-corrected chi connectivity index (χ2v) is 7.60. The first-order valence-electron chi connectivity index (χ1n) is 10.3. The van der Waals surface area contributed by atoms with E-state index in [1.165, 1.54) is 5.56 Å². The molecule has 150 valence electrons. The molecule has 4 aromatic rings. The lowest BCUT2D eigenvalue weighted by Gasteiger charge is -2.22. The monoisotopic (exact) mass is 397 g/mol. The Morgan fingerprint density at radius 3 is 2.73 bits per heavy atom. The number of aromatic nitrogens is 3. The summed E-state index contributed by atoms with van der Waals surface area (Å²) in [5, 5.41) is 8.02. The van der Waals surface area contributed by atoms with E-state index in [4.69, 9.17) is 5.10 Å². The average Bonchev–Trinajstić information content (AvgIpc) is 3.06. The van der Waals surface area contributed by atoms with Gasteiger partial charge < -0.3 is 10.2 Å². The van der Waals surface area contributed by atoms with E-state index in [-0.39, 0.29) is 5.91 Å². The number of carbonyl (C=O) groups is 1. The van der Waals surface area contributed by atoms with Crippen LogP contribution in [-0.2, 0) is 11.2 Å². The van der Waals surface area contributed by atoms with Crippen LogP contribution in [0.4, 0.5) is 17.3 Å². The van der Waals surface area contributed by atoms with E-state index in [1.807, 2.05) is 52.0 Å². The van der Waals surface area contributed by atoms with Gasteiger partial charge in [-0.2, -0.15) is 0 Å². The van der Waals surface area contributed by atoms with Crippen LogP contribution in [0.2, 0.25) is 0 Å². The summed E-state index contributed by atoms with van der Waals surface area (Å²) in [6.07, 6.45) is 4.92. The Kier molecular flexibility index (Phi) is 4.67. The number of hydrogen-bond acceptors (Lipinski definition) is 4. The van der Waals surface area contributed by atoms with Gasteiger partial charge in [0.15, 0.2) is 0 Å². The van der Waals surface area contributed by atoms with Crippen LogP contribution in [-0.4, -0.2) is 27.0 Å². The fourth-order valence-corrected chi connectivity index (χ4v) is 4.05. The number of anilines is 3. The third-order valence-electron chi connectivity index (χ3n) is 5.56. The molecule has 0 aliphatic carbocycles. The molecule has 0 saturated carbocycles. The van der Waals surface area contributed by atoms with Gasteiger partial charge in [-0.3, -0.25) is 4.79 Å². The highest BCUT2D eigenvalue weighted by Crippen LogP contribution is 2.30. The molecule has 0 radical (unpaired) electrons. The van der Waals surface area contributed by atoms with Gasteiger partial charge in [-0.15, -0.1) is 5.10 Å². The fraction of sp³-hybridized carbons (Fsp3) is 0.208. The number of hydrogen-bond donors (Lipinski definition) is 1. The highest BCUT2D eigenvalue weighted by molar-refractivity contribution is 5.93. The van der Waals surface area contributed by atoms with Crippen molar-refractivity contribution in [1.82, 2.24) is 14.6 Å². The molecule has 0 fully saturated rings. The van der Waals surface area contributed by atoms with Crippen molar-refractivity contribution >= 4 is 28.7 Å². The lowest BCUT2D eigenvalue weighted by atomic mass is 10.1. The second-order valence-electron chi connectivity index (χ2n) is 7.60. The Labute approximate surface area is 175 Å². The van der Waals surface area contributed by atoms with Crippen LogP contribution in [0.5, 0.6) is 0 Å². The summed E-state index contributed by atoms with van der Waals surface area (Å²) in [7, 11) is 0. The SMILES string of the molecule is CC(=O)N1CCCCc2ccc(Nc3ncc4ccc(-c5ccccc5)n4n3)cc21. The zero-order valence-electron chi connectivity index (χ0n) is 16.9. The molecule has 0 unspecified atom stereocenters. The predicted molar refractivity (Wildman–Crippen MR) is 119 cm³/mol. The summed E-state index contributed by atoms with van der Waals surface area (Å²) in [5.41, 5.74) is 6.11. The molecule has 0 saturated heterocycles. The van der Waals surface area contributed by atoms with E-state index in [0.717, 1.165) is 54.0 Å². The molecular weight excluding hydrogens is 374 g/mol. The molecule has 0 atom stereocenters. The van der Waals surface area contributed by atoms with Crippen molar-refractivity contribution in [1.29, 1.82) is 0 Å². The van der Waals surface area contributed by atoms with Gasteiger partial charge in [0, 0.05) is 30.4 Å². The van der Waals surface area contributed by atoms with Gasteiger partial charge in [-0.05, 0) is 49.1 Å². The molecule has 1 amide bonds. The number of fused-ring (bicyclic) bond motifs is 2. The van der Waals surface area contributed by atoms with Gasteiger partial charge in [0.1, 0.15) is 0 Å². The number of carbonyl (C=O) groups excluding carboxylic acids is 1. The smallest absolute Gasteiger partial charge is 0.245 e. The molecule has 2 aromatic heterocycles. The normalized spacial score (nSPS) is 13.7. The number of amides is 1. The van der Waals surface area contributed by atoms with Gasteiger partial charge in [-0.1, -0.05) is 36.4 Å². The molecule has 6 nitrogen and oxygen atoms in total. The maximum absolute atomic E-state index is 12.2. The lowest BCUT2D eigenvalue weighted by Crippen LogP contribution is -2.29. The fourth-order valence-electron chi connectivity index (χ4n) is 4.05. The standard InChI is InChI=1S/C24H23N5O/c1-17(30)28-14-6-5-9-19-10-11-20(15-23(19)28)26-24-25-16-21-12-13-22(29(21)27-24)18-7-3-2-4-8-18/h2-4,7-8,10-13,15-16H,5-6,9,14H2,1H3,(H,26,27). The Morgan fingerprint density at radius 1 is 1.03 bits per heavy atom. The van der Waals surface area contributed by atoms with Gasteiger partial charge >= 0.3 is 0 Å². The Balaban J connectivity index is 1.50. The second kappa shape index (κ2) is 7.63. The van der Waals surface area contributed by atoms with Crippen molar-refractivity contribution in [2.75, 3.05) is 16.8 Å². The van der Waals surface area contributed by atoms with Crippen LogP contribution in [0.25, 0.3) is 16.8 Å². The zero-order valence-corrected chi connectivity index (χ0v) is 16.9. The maximum Gasteiger partial charge on any atom is 0.245 e. The summed E-state index contributed by atoms with van der Waals surface area (Å²) < 4.78 is 1.90. The van der Waals surface area contributed by atoms with E-state index >= 15 is 0 Å². The Bertz CT molecular complexity index is 1210. The summed E-state index contributed by atoms with van der Waals surface area (Å²) >= 11 is 0. The number of benzene rings is 2. The zero-order chi connectivity index (χ0) is 20.5. The predicted octanol–water partition coefficient (Wildman–Crippen LogP) is 4.83. The van der Waals surface area contributed by atoms with Crippen LogP contribution in [0.3, 0.4) is 0 Å². The third kappa shape index (κ3) is 3.41. The first-order chi connectivity index (χ1) is 14.7. The van der Waals surface area contributed by atoms with Gasteiger partial charge in [-0.25, -0.2) is 9.50 Å². The van der Waals surface area contributed by atoms with Crippen molar-refractivity contribution in [2.24, 2.45) is 0 Å². The number of aryl methyl sites for hydroxylation is 1. The van der Waals surface area contributed by atoms with E-state index in [2.05, 4.69) is 34.6 Å². The van der Waals surface area contributed by atoms with Crippen molar-refractivity contribution in [2.45, 2.75) is 26.2 Å². The summed E-state index contributed by atoms with van der Waals surface area (Å²) in [6.45, 7) is 2.39. The summed E-state index contributed by atoms with van der Waals surface area (Å²) in [5.74, 6) is 0.589. The highest BCUT2D eigenvalue weighted by Gasteiger charge is 2.19. The molecule has 1 N–H and O–H groups in total. The molecule has 0 bridgehead atoms. The number of rotatable bonds is 3. The van der Waals surface area contributed by atoms with Crippen LogP contribution in [0.15, 0.2) is 66.9 Å². The molecule has 6 heteroatoms. The lowest BCUT2D eigenvalue weighted by molar-refractivity contribution is -0.116. The van der Waals surface area contributed by atoms with Crippen molar-refractivity contribution < 1.29 is 4.79 Å². The van der Waals surface area contributed by atoms with E-state index in [1.54, 1.807) is 6.92 Å². The van der Waals surface area contributed by atoms with E-state index < -0.39 is 0 Å². The van der Waals surface area contributed by atoms with E-state index in [0.29, 0.717) is 5.95 Å². The minimum absolute atomic E-state index is 0.0767. The topological polar surface area (TPSA) is 62.5 Å². The highest BCUT2D eigenvalue weighted by atomic mass is 16.2. The van der Waals surface area contributed by atoms with Gasteiger partial charge in [0.2, 0.25) is 11.9 Å². The van der Waals surface area contributed by atoms with Crippen LogP contribution >= 0.6 is 0 Å². The number of nitrogens with one attached hydrogen (secondary N) is 1. The molecule has 1 aliphatic rings. The Morgan fingerprint density at radius 2 is 1.90 bits per heavy atom. The number of nitrogens with zero attached hydrogens (tertiary/aromatic N) is 4. The first-order valence-corrected chi connectivity index (χ1v) is 10.3. The minimum Gasteiger partial charge on any atom is -0.323 e. The summed E-state index contributed by atoms with van der Waals surface area (Å²) in [4.78, 5) is 18.5. The molecule has 1 aliphatic heterocycles. The summed E-state index contributed by atoms with van der Waals surface area (Å²) in [6, 6.07) is 20.4. The van der Waals surface area contributed by atoms with E-state index in [9.17, 15) is 4.79 Å². The van der Waals surface area contributed by atoms with Crippen molar-refractivity contribution in [3.63, 3.8) is 0 Å².